The van der Waals surface area contributed by atoms with Gasteiger partial charge in [-0.3, -0.25) is 4.79 Å². The number of alkyl carbamates (subject to hydrolysis) is 1. The van der Waals surface area contributed by atoms with Crippen LogP contribution < -0.4 is 10.6 Å². The van der Waals surface area contributed by atoms with E-state index in [4.69, 9.17) is 9.47 Å². The van der Waals surface area contributed by atoms with Crippen molar-refractivity contribution in [2.75, 3.05) is 19.8 Å². The number of fused-ring (bicyclic) bond motifs is 3. The van der Waals surface area contributed by atoms with Crippen molar-refractivity contribution in [1.29, 1.82) is 0 Å². The van der Waals surface area contributed by atoms with E-state index in [1.807, 2.05) is 24.3 Å². The maximum Gasteiger partial charge on any atom is 0.407 e. The summed E-state index contributed by atoms with van der Waals surface area (Å²) in [6.45, 7) is 0.659. The highest BCUT2D eigenvalue weighted by Crippen LogP contribution is 2.44. The Balaban J connectivity index is 1.20. The molecule has 0 spiro atoms. The van der Waals surface area contributed by atoms with Gasteiger partial charge in [0.2, 0.25) is 5.91 Å². The predicted octanol–water partition coefficient (Wildman–Crippen LogP) is 3.44. The number of aliphatic carboxylic acids is 1. The SMILES string of the molecule is O=C(NCC1(C(=O)NC2CCOC2C(=O)O)CCCC1)OCC1c2ccccc2-c2ccccc21. The van der Waals surface area contributed by atoms with E-state index < -0.39 is 29.6 Å². The molecule has 184 valence electrons. The minimum atomic E-state index is -1.08. The molecule has 8 heteroatoms. The van der Waals surface area contributed by atoms with Gasteiger partial charge in [0.25, 0.3) is 0 Å². The van der Waals surface area contributed by atoms with Gasteiger partial charge in [-0.2, -0.15) is 0 Å². The number of carboxylic acids is 1. The summed E-state index contributed by atoms with van der Waals surface area (Å²) in [5, 5.41) is 15.0. The van der Waals surface area contributed by atoms with Crippen LogP contribution in [-0.2, 0) is 19.1 Å². The summed E-state index contributed by atoms with van der Waals surface area (Å²) in [5.41, 5.74) is 3.83. The Labute approximate surface area is 204 Å². The zero-order valence-electron chi connectivity index (χ0n) is 19.5. The molecule has 1 saturated carbocycles. The maximum atomic E-state index is 13.2. The van der Waals surface area contributed by atoms with E-state index in [1.165, 1.54) is 0 Å². The molecule has 2 aromatic carbocycles. The molecule has 3 N–H and O–H groups in total. The second-order valence-electron chi connectivity index (χ2n) is 9.66. The molecule has 2 unspecified atom stereocenters. The fourth-order valence-electron chi connectivity index (χ4n) is 5.73. The number of carboxylic acid groups (broad SMARTS) is 1. The molecule has 0 bridgehead atoms. The first kappa shape index (κ1) is 23.4. The fraction of sp³-hybridized carbons (Fsp3) is 0.444. The Morgan fingerprint density at radius 1 is 1.00 bits per heavy atom. The lowest BCUT2D eigenvalue weighted by molar-refractivity contribution is -0.148. The van der Waals surface area contributed by atoms with Crippen LogP contribution in [0, 0.1) is 5.41 Å². The Morgan fingerprint density at radius 2 is 1.63 bits per heavy atom. The molecule has 8 nitrogen and oxygen atoms in total. The van der Waals surface area contributed by atoms with Gasteiger partial charge < -0.3 is 25.2 Å². The summed E-state index contributed by atoms with van der Waals surface area (Å²) < 4.78 is 10.9. The third kappa shape index (κ3) is 4.50. The lowest BCUT2D eigenvalue weighted by atomic mass is 9.84. The highest BCUT2D eigenvalue weighted by molar-refractivity contribution is 5.85. The number of carbonyl (C=O) groups excluding carboxylic acids is 2. The summed E-state index contributed by atoms with van der Waals surface area (Å²) >= 11 is 0. The molecule has 2 aliphatic carbocycles. The van der Waals surface area contributed by atoms with Crippen molar-refractivity contribution >= 4 is 18.0 Å². The fourth-order valence-corrected chi connectivity index (χ4v) is 5.73. The lowest BCUT2D eigenvalue weighted by Crippen LogP contribution is -2.52. The predicted molar refractivity (Wildman–Crippen MR) is 128 cm³/mol. The van der Waals surface area contributed by atoms with Gasteiger partial charge in [0.1, 0.15) is 6.61 Å². The molecular weight excluding hydrogens is 448 g/mol. The van der Waals surface area contributed by atoms with Crippen LogP contribution in [0.15, 0.2) is 48.5 Å². The van der Waals surface area contributed by atoms with Crippen LogP contribution in [0.4, 0.5) is 4.79 Å². The number of nitrogens with one attached hydrogen (secondary N) is 2. The maximum absolute atomic E-state index is 13.2. The van der Waals surface area contributed by atoms with Crippen LogP contribution in [0.2, 0.25) is 0 Å². The highest BCUT2D eigenvalue weighted by Gasteiger charge is 2.44. The third-order valence-corrected chi connectivity index (χ3v) is 7.61. The minimum Gasteiger partial charge on any atom is -0.479 e. The van der Waals surface area contributed by atoms with Crippen LogP contribution in [0.5, 0.6) is 0 Å². The third-order valence-electron chi connectivity index (χ3n) is 7.61. The van der Waals surface area contributed by atoms with E-state index in [1.54, 1.807) is 0 Å². The smallest absolute Gasteiger partial charge is 0.407 e. The first-order valence-corrected chi connectivity index (χ1v) is 12.2. The van der Waals surface area contributed by atoms with E-state index in [2.05, 4.69) is 34.9 Å². The van der Waals surface area contributed by atoms with Gasteiger partial charge in [0.05, 0.1) is 11.5 Å². The van der Waals surface area contributed by atoms with Gasteiger partial charge in [-0.25, -0.2) is 9.59 Å². The number of rotatable bonds is 7. The number of carbonyl (C=O) groups is 3. The molecule has 1 saturated heterocycles. The molecule has 1 aliphatic heterocycles. The van der Waals surface area contributed by atoms with Crippen molar-refractivity contribution in [2.24, 2.45) is 5.41 Å². The highest BCUT2D eigenvalue weighted by atomic mass is 16.5. The van der Waals surface area contributed by atoms with E-state index in [9.17, 15) is 19.5 Å². The molecule has 0 radical (unpaired) electrons. The molecule has 5 rings (SSSR count). The van der Waals surface area contributed by atoms with Crippen molar-refractivity contribution in [3.8, 4) is 11.1 Å². The summed E-state index contributed by atoms with van der Waals surface area (Å²) in [5.74, 6) is -1.34. The summed E-state index contributed by atoms with van der Waals surface area (Å²) in [6.07, 6.45) is 1.89. The van der Waals surface area contributed by atoms with Gasteiger partial charge >= 0.3 is 12.1 Å². The Bertz CT molecular complexity index is 1080. The van der Waals surface area contributed by atoms with E-state index >= 15 is 0 Å². The normalized spacial score (nSPS) is 22.3. The van der Waals surface area contributed by atoms with Crippen LogP contribution in [0.3, 0.4) is 0 Å². The Hall–Kier alpha value is -3.39. The molecular formula is C27H30N2O6. The summed E-state index contributed by atoms with van der Waals surface area (Å²) in [4.78, 5) is 37.3. The van der Waals surface area contributed by atoms with Gasteiger partial charge in [-0.1, -0.05) is 61.4 Å². The summed E-state index contributed by atoms with van der Waals surface area (Å²) in [7, 11) is 0. The number of benzene rings is 2. The van der Waals surface area contributed by atoms with Crippen LogP contribution in [-0.4, -0.2) is 55.0 Å². The average molecular weight is 479 g/mol. The van der Waals surface area contributed by atoms with E-state index in [0.717, 1.165) is 35.1 Å². The number of hydrogen-bond acceptors (Lipinski definition) is 5. The topological polar surface area (TPSA) is 114 Å². The Morgan fingerprint density at radius 3 is 2.26 bits per heavy atom. The largest absolute Gasteiger partial charge is 0.479 e. The molecule has 2 amide bonds. The first-order chi connectivity index (χ1) is 17.0. The van der Waals surface area contributed by atoms with Crippen molar-refractivity contribution in [1.82, 2.24) is 10.6 Å². The van der Waals surface area contributed by atoms with Crippen molar-refractivity contribution < 1.29 is 29.0 Å². The lowest BCUT2D eigenvalue weighted by Gasteiger charge is -2.30. The number of ether oxygens (including phenoxy) is 2. The average Bonchev–Trinajstić information content (AvgIpc) is 3.60. The van der Waals surface area contributed by atoms with Crippen molar-refractivity contribution in [3.63, 3.8) is 0 Å². The zero-order valence-corrected chi connectivity index (χ0v) is 19.5. The second-order valence-corrected chi connectivity index (χ2v) is 9.66. The quantitative estimate of drug-likeness (QED) is 0.562. The number of amides is 2. The first-order valence-electron chi connectivity index (χ1n) is 12.2. The van der Waals surface area contributed by atoms with Crippen molar-refractivity contribution in [3.05, 3.63) is 59.7 Å². The van der Waals surface area contributed by atoms with E-state index in [-0.39, 0.29) is 25.0 Å². The van der Waals surface area contributed by atoms with Crippen LogP contribution in [0.1, 0.15) is 49.1 Å². The van der Waals surface area contributed by atoms with Crippen molar-refractivity contribution in [2.45, 2.75) is 50.2 Å². The zero-order chi connectivity index (χ0) is 24.4. The molecule has 2 aromatic rings. The molecule has 2 atom stereocenters. The Kier molecular flexibility index (Phi) is 6.47. The molecule has 35 heavy (non-hydrogen) atoms. The second kappa shape index (κ2) is 9.70. The van der Waals surface area contributed by atoms with Crippen LogP contribution >= 0.6 is 0 Å². The van der Waals surface area contributed by atoms with E-state index in [0.29, 0.717) is 25.9 Å². The van der Waals surface area contributed by atoms with Gasteiger partial charge in [-0.15, -0.1) is 0 Å². The standard InChI is InChI=1S/C27H30N2O6/c30-24(31)23-22(11-14-34-23)29-25(32)27(12-5-6-13-27)16-28-26(33)35-15-21-19-9-3-1-7-17(19)18-8-2-4-10-20(18)21/h1-4,7-10,21-23H,5-6,11-16H2,(H,28,33)(H,29,32)(H,30,31). The molecule has 2 fully saturated rings. The van der Waals surface area contributed by atoms with Gasteiger partial charge in [-0.05, 0) is 41.5 Å². The van der Waals surface area contributed by atoms with Gasteiger partial charge in [0.15, 0.2) is 6.10 Å². The molecule has 0 aromatic heterocycles. The summed E-state index contributed by atoms with van der Waals surface area (Å²) in [6, 6.07) is 15.7. The number of hydrogen-bond donors (Lipinski definition) is 3. The minimum absolute atomic E-state index is 0.0350. The van der Waals surface area contributed by atoms with Gasteiger partial charge in [0, 0.05) is 19.1 Å². The molecule has 1 heterocycles. The van der Waals surface area contributed by atoms with Crippen LogP contribution in [0.25, 0.3) is 11.1 Å². The monoisotopic (exact) mass is 478 g/mol. The molecule has 3 aliphatic rings.